The number of nitrogens with two attached hydrogens (primary N) is 1. The first-order chi connectivity index (χ1) is 9.22. The number of benzene rings is 1. The number of hydrogen-bond acceptors (Lipinski definition) is 5. The molecule has 0 atom stereocenters. The summed E-state index contributed by atoms with van der Waals surface area (Å²) in [6.45, 7) is 0.170. The zero-order chi connectivity index (χ0) is 13.7. The number of hydrogen-bond donors (Lipinski definition) is 1. The smallest absolute Gasteiger partial charge is 0.381 e. The van der Waals surface area contributed by atoms with Crippen LogP contribution in [0.25, 0.3) is 11.0 Å². The lowest BCUT2D eigenvalue weighted by atomic mass is 10.3. The molecule has 1 heterocycles. The van der Waals surface area contributed by atoms with Gasteiger partial charge in [0.2, 0.25) is 12.1 Å². The Bertz CT molecular complexity index is 608. The summed E-state index contributed by atoms with van der Waals surface area (Å²) in [4.78, 5) is 27.3. The normalized spacial score (nSPS) is 10.4. The predicted molar refractivity (Wildman–Crippen MR) is 67.0 cm³/mol. The van der Waals surface area contributed by atoms with Gasteiger partial charge in [0.1, 0.15) is 12.1 Å². The van der Waals surface area contributed by atoms with Crippen LogP contribution in [-0.2, 0) is 20.9 Å². The Hall–Kier alpha value is -2.34. The highest BCUT2D eigenvalue weighted by Crippen LogP contribution is 2.04. The number of carbonyl (C=O) groups is 2. The van der Waals surface area contributed by atoms with Crippen LogP contribution < -0.4 is 10.3 Å². The van der Waals surface area contributed by atoms with Crippen LogP contribution in [0.5, 0.6) is 0 Å². The van der Waals surface area contributed by atoms with Crippen molar-refractivity contribution < 1.29 is 18.9 Å². The number of nitrogens with zero attached hydrogens (tertiary/aromatic N) is 2. The molecule has 0 unspecified atom stereocenters. The van der Waals surface area contributed by atoms with Crippen LogP contribution in [0.2, 0.25) is 0 Å². The van der Waals surface area contributed by atoms with Gasteiger partial charge >= 0.3 is 11.8 Å². The monoisotopic (exact) mass is 260 g/mol. The average Bonchev–Trinajstić information content (AvgIpc) is 2.45. The first kappa shape index (κ1) is 13.1. The molecule has 0 aliphatic carbocycles. The summed E-state index contributed by atoms with van der Waals surface area (Å²) in [6.07, 6.45) is 3.23. The maximum absolute atomic E-state index is 11.7. The van der Waals surface area contributed by atoms with E-state index in [1.54, 1.807) is 17.0 Å². The zero-order valence-corrected chi connectivity index (χ0v) is 10.3. The third kappa shape index (κ3) is 3.11. The van der Waals surface area contributed by atoms with Gasteiger partial charge in [0.05, 0.1) is 6.20 Å². The molecule has 6 heteroatoms. The number of esters is 1. The van der Waals surface area contributed by atoms with Gasteiger partial charge in [0, 0.05) is 12.6 Å². The van der Waals surface area contributed by atoms with Crippen LogP contribution in [0.1, 0.15) is 0 Å². The molecular weight excluding hydrogens is 246 g/mol. The first-order valence-electron chi connectivity index (χ1n) is 5.85. The molecule has 0 aliphatic rings. The molecule has 0 saturated heterocycles. The summed E-state index contributed by atoms with van der Waals surface area (Å²) in [7, 11) is 0. The average molecular weight is 260 g/mol. The summed E-state index contributed by atoms with van der Waals surface area (Å²) in [5, 5.41) is 0. The van der Waals surface area contributed by atoms with Crippen molar-refractivity contribution in [2.24, 2.45) is 5.73 Å². The molecule has 0 fully saturated rings. The van der Waals surface area contributed by atoms with Gasteiger partial charge < -0.3 is 10.5 Å². The molecule has 0 saturated carbocycles. The van der Waals surface area contributed by atoms with E-state index in [1.165, 1.54) is 0 Å². The molecule has 2 rings (SSSR count). The molecule has 0 bridgehead atoms. The highest BCUT2D eigenvalue weighted by molar-refractivity contribution is 6.33. The van der Waals surface area contributed by atoms with Gasteiger partial charge in [-0.2, -0.15) is 4.57 Å². The molecule has 0 aliphatic heterocycles. The van der Waals surface area contributed by atoms with Crippen molar-refractivity contribution in [2.45, 2.75) is 6.54 Å². The minimum atomic E-state index is -0.862. The molecule has 0 amide bonds. The summed E-state index contributed by atoms with van der Waals surface area (Å²) in [5.41, 5.74) is 6.74. The highest BCUT2D eigenvalue weighted by Gasteiger charge is 2.21. The summed E-state index contributed by atoms with van der Waals surface area (Å²) in [5.74, 6) is -1.48. The SMILES string of the molecule is NCCOC(=O)C(=O)C[n+]1ccnc2ccccc21. The minimum Gasteiger partial charge on any atom is -0.458 e. The van der Waals surface area contributed by atoms with Crippen molar-refractivity contribution in [1.29, 1.82) is 0 Å². The van der Waals surface area contributed by atoms with E-state index in [0.717, 1.165) is 11.0 Å². The minimum absolute atomic E-state index is 0.0479. The molecule has 1 aromatic carbocycles. The molecule has 2 N–H and O–H groups in total. The Morgan fingerprint density at radius 2 is 2.11 bits per heavy atom. The predicted octanol–water partition coefficient (Wildman–Crippen LogP) is -0.407. The second-order valence-electron chi connectivity index (χ2n) is 3.89. The molecule has 19 heavy (non-hydrogen) atoms. The lowest BCUT2D eigenvalue weighted by Crippen LogP contribution is -2.41. The zero-order valence-electron chi connectivity index (χ0n) is 10.3. The summed E-state index contributed by atoms with van der Waals surface area (Å²) >= 11 is 0. The number of carbonyl (C=O) groups excluding carboxylic acids is 2. The quantitative estimate of drug-likeness (QED) is 0.449. The van der Waals surface area contributed by atoms with E-state index in [2.05, 4.69) is 4.98 Å². The number of ketones is 1. The lowest BCUT2D eigenvalue weighted by molar-refractivity contribution is -0.658. The Labute approximate surface area is 109 Å². The third-order valence-electron chi connectivity index (χ3n) is 2.54. The maximum atomic E-state index is 11.7. The van der Waals surface area contributed by atoms with Gasteiger partial charge in [0.15, 0.2) is 6.20 Å². The number of fused-ring (bicyclic) bond motifs is 1. The van der Waals surface area contributed by atoms with Gasteiger partial charge in [-0.3, -0.25) is 4.79 Å². The summed E-state index contributed by atoms with van der Waals surface area (Å²) < 4.78 is 6.36. The molecule has 0 radical (unpaired) electrons. The van der Waals surface area contributed by atoms with Gasteiger partial charge in [-0.15, -0.1) is 0 Å². The third-order valence-corrected chi connectivity index (χ3v) is 2.54. The van der Waals surface area contributed by atoms with Crippen LogP contribution in [0.3, 0.4) is 0 Å². The van der Waals surface area contributed by atoms with Gasteiger partial charge in [-0.05, 0) is 6.07 Å². The Morgan fingerprint density at radius 3 is 2.89 bits per heavy atom. The Morgan fingerprint density at radius 1 is 1.32 bits per heavy atom. The number of ether oxygens (including phenoxy) is 1. The van der Waals surface area contributed by atoms with E-state index < -0.39 is 11.8 Å². The highest BCUT2D eigenvalue weighted by atomic mass is 16.5. The fourth-order valence-corrected chi connectivity index (χ4v) is 1.68. The topological polar surface area (TPSA) is 86.2 Å². The second kappa shape index (κ2) is 6.01. The lowest BCUT2D eigenvalue weighted by Gasteiger charge is -2.01. The van der Waals surface area contributed by atoms with Crippen molar-refractivity contribution in [1.82, 2.24) is 4.98 Å². The van der Waals surface area contributed by atoms with Gasteiger partial charge in [0.25, 0.3) is 0 Å². The van der Waals surface area contributed by atoms with E-state index in [4.69, 9.17) is 10.5 Å². The van der Waals surface area contributed by atoms with E-state index in [9.17, 15) is 9.59 Å². The molecule has 0 spiro atoms. The molecule has 98 valence electrons. The van der Waals surface area contributed by atoms with Crippen molar-refractivity contribution >= 4 is 22.8 Å². The van der Waals surface area contributed by atoms with Crippen LogP contribution >= 0.6 is 0 Å². The standard InChI is InChI=1S/C13H14N3O3/c14-5-8-19-13(18)12(17)9-16-7-6-15-10-3-1-2-4-11(10)16/h1-4,6-7H,5,8-9,14H2/q+1. The molecule has 2 aromatic rings. The maximum Gasteiger partial charge on any atom is 0.381 e. The number of aromatic nitrogens is 2. The van der Waals surface area contributed by atoms with E-state index in [-0.39, 0.29) is 19.7 Å². The van der Waals surface area contributed by atoms with Crippen LogP contribution in [0.15, 0.2) is 36.7 Å². The van der Waals surface area contributed by atoms with Gasteiger partial charge in [-0.25, -0.2) is 9.78 Å². The number of rotatable bonds is 5. The van der Waals surface area contributed by atoms with E-state index in [1.807, 2.05) is 24.3 Å². The number of Topliss-reactive ketones (excluding diaryl/α,β-unsaturated/α-hetero) is 1. The van der Waals surface area contributed by atoms with Crippen molar-refractivity contribution in [3.63, 3.8) is 0 Å². The Balaban J connectivity index is 2.17. The van der Waals surface area contributed by atoms with Crippen LogP contribution in [0, 0.1) is 0 Å². The first-order valence-corrected chi connectivity index (χ1v) is 5.85. The van der Waals surface area contributed by atoms with Crippen LogP contribution in [0.4, 0.5) is 0 Å². The fraction of sp³-hybridized carbons (Fsp3) is 0.231. The van der Waals surface area contributed by atoms with E-state index in [0.29, 0.717) is 0 Å². The van der Waals surface area contributed by atoms with Crippen molar-refractivity contribution in [2.75, 3.05) is 13.2 Å². The summed E-state index contributed by atoms with van der Waals surface area (Å²) in [6, 6.07) is 7.37. The molecule has 6 nitrogen and oxygen atoms in total. The Kier molecular flexibility index (Phi) is 4.15. The number of para-hydroxylation sites is 2. The van der Waals surface area contributed by atoms with Gasteiger partial charge in [-0.1, -0.05) is 12.1 Å². The molecule has 1 aromatic heterocycles. The van der Waals surface area contributed by atoms with Crippen molar-refractivity contribution in [3.8, 4) is 0 Å². The molecular formula is C13H14N3O3+. The van der Waals surface area contributed by atoms with Crippen LogP contribution in [-0.4, -0.2) is 29.9 Å². The van der Waals surface area contributed by atoms with E-state index >= 15 is 0 Å². The fourth-order valence-electron chi connectivity index (χ4n) is 1.68. The largest absolute Gasteiger partial charge is 0.458 e. The second-order valence-corrected chi connectivity index (χ2v) is 3.89. The van der Waals surface area contributed by atoms with Crippen molar-refractivity contribution in [3.05, 3.63) is 36.7 Å².